The highest BCUT2D eigenvalue weighted by molar-refractivity contribution is 5.37. The molecule has 0 aliphatic carbocycles. The zero-order chi connectivity index (χ0) is 20.7. The molecule has 0 amide bonds. The fraction of sp³-hybridized carbons (Fsp3) is 0.652. The smallest absolute Gasteiger partial charge is 0.318 e. The summed E-state index contributed by atoms with van der Waals surface area (Å²) in [6.07, 6.45) is 5.98. The number of hydrogen-bond acceptors (Lipinski definition) is 8. The first-order valence-electron chi connectivity index (χ1n) is 11.5. The number of hydrogen-bond donors (Lipinski definition) is 0. The number of anilines is 1. The number of piperidine rings is 1. The lowest BCUT2D eigenvalue weighted by molar-refractivity contribution is -0.0216. The summed E-state index contributed by atoms with van der Waals surface area (Å²) >= 11 is 0. The van der Waals surface area contributed by atoms with Crippen LogP contribution in [0.2, 0.25) is 0 Å². The van der Waals surface area contributed by atoms with Crippen molar-refractivity contribution in [2.45, 2.75) is 49.3 Å². The number of likely N-dealkylation sites (tertiary alicyclic amines) is 1. The minimum absolute atomic E-state index is 0.0419. The van der Waals surface area contributed by atoms with Gasteiger partial charge in [0, 0.05) is 12.5 Å². The van der Waals surface area contributed by atoms with Crippen LogP contribution in [0.3, 0.4) is 0 Å². The molecule has 0 radical (unpaired) electrons. The Balaban J connectivity index is 1.04. The van der Waals surface area contributed by atoms with Gasteiger partial charge >= 0.3 is 6.01 Å². The third-order valence-corrected chi connectivity index (χ3v) is 7.35. The highest BCUT2D eigenvalue weighted by Gasteiger charge is 2.52. The predicted octanol–water partition coefficient (Wildman–Crippen LogP) is 2.46. The molecular formula is C23H30N4O4. The molecule has 1 aromatic carbocycles. The van der Waals surface area contributed by atoms with E-state index in [9.17, 15) is 0 Å². The van der Waals surface area contributed by atoms with Gasteiger partial charge < -0.3 is 23.5 Å². The number of nitrogens with zero attached hydrogens (tertiary/aromatic N) is 4. The molecule has 4 aliphatic heterocycles. The molecule has 0 bridgehead atoms. The summed E-state index contributed by atoms with van der Waals surface area (Å²) in [5, 5.41) is 7.78. The van der Waals surface area contributed by atoms with Crippen molar-refractivity contribution < 1.29 is 18.6 Å². The van der Waals surface area contributed by atoms with Crippen molar-refractivity contribution >= 4 is 6.01 Å². The van der Waals surface area contributed by atoms with Crippen LogP contribution >= 0.6 is 0 Å². The van der Waals surface area contributed by atoms with Crippen LogP contribution in [-0.2, 0) is 9.47 Å². The van der Waals surface area contributed by atoms with E-state index >= 15 is 0 Å². The lowest BCUT2D eigenvalue weighted by Gasteiger charge is -2.46. The van der Waals surface area contributed by atoms with Crippen LogP contribution in [0.25, 0.3) is 0 Å². The Hall–Kier alpha value is -2.16. The van der Waals surface area contributed by atoms with E-state index in [2.05, 4.69) is 44.3 Å². The van der Waals surface area contributed by atoms with E-state index in [0.29, 0.717) is 24.6 Å². The van der Waals surface area contributed by atoms with Crippen LogP contribution in [0.5, 0.6) is 5.75 Å². The van der Waals surface area contributed by atoms with Crippen molar-refractivity contribution in [2.75, 3.05) is 50.9 Å². The average molecular weight is 427 g/mol. The van der Waals surface area contributed by atoms with Crippen LogP contribution < -0.4 is 9.64 Å². The van der Waals surface area contributed by atoms with E-state index < -0.39 is 0 Å². The van der Waals surface area contributed by atoms with Crippen molar-refractivity contribution in [3.63, 3.8) is 0 Å². The molecule has 31 heavy (non-hydrogen) atoms. The second-order valence-electron chi connectivity index (χ2n) is 9.38. The molecule has 2 atom stereocenters. The molecule has 1 aromatic heterocycles. The number of aromatic nitrogens is 2. The third-order valence-electron chi connectivity index (χ3n) is 7.35. The SMILES string of the molecule is c1ccc(C2CCN(C3COC4(C3)CN(c3nnco3)C4)CC2)c(OC2CCOC2)c1. The molecule has 2 unspecified atom stereocenters. The molecule has 1 spiro atoms. The van der Waals surface area contributed by atoms with Crippen LogP contribution in [0.4, 0.5) is 6.01 Å². The minimum atomic E-state index is -0.0419. The second-order valence-corrected chi connectivity index (χ2v) is 9.38. The predicted molar refractivity (Wildman–Crippen MR) is 113 cm³/mol. The standard InChI is InChI=1S/C23H30N4O4/c1-2-4-21(31-19-7-10-28-13-19)20(3-1)17-5-8-26(9-6-17)18-11-23(30-12-18)14-27(15-23)22-25-24-16-29-22/h1-4,16-19H,5-15H2. The molecule has 5 heterocycles. The molecule has 4 fully saturated rings. The molecular weight excluding hydrogens is 396 g/mol. The van der Waals surface area contributed by atoms with E-state index in [-0.39, 0.29) is 11.7 Å². The fourth-order valence-electron chi connectivity index (χ4n) is 5.65. The van der Waals surface area contributed by atoms with Crippen LogP contribution in [0.1, 0.15) is 37.2 Å². The molecule has 0 N–H and O–H groups in total. The zero-order valence-electron chi connectivity index (χ0n) is 17.8. The number of para-hydroxylation sites is 1. The number of benzene rings is 1. The van der Waals surface area contributed by atoms with E-state index in [4.69, 9.17) is 18.6 Å². The summed E-state index contributed by atoms with van der Waals surface area (Å²) in [6.45, 7) is 6.26. The van der Waals surface area contributed by atoms with Crippen molar-refractivity contribution in [2.24, 2.45) is 0 Å². The Kier molecular flexibility index (Phi) is 5.08. The average Bonchev–Trinajstić information content (AvgIpc) is 3.54. The van der Waals surface area contributed by atoms with Gasteiger partial charge in [0.2, 0.25) is 6.39 Å². The number of ether oxygens (including phenoxy) is 3. The van der Waals surface area contributed by atoms with Crippen LogP contribution in [-0.4, -0.2) is 78.8 Å². The third kappa shape index (κ3) is 3.81. The van der Waals surface area contributed by atoms with Crippen molar-refractivity contribution in [1.82, 2.24) is 15.1 Å². The summed E-state index contributed by atoms with van der Waals surface area (Å²) in [7, 11) is 0. The monoisotopic (exact) mass is 426 g/mol. The maximum absolute atomic E-state index is 6.30. The lowest BCUT2D eigenvalue weighted by Crippen LogP contribution is -2.62. The quantitative estimate of drug-likeness (QED) is 0.722. The Bertz CT molecular complexity index is 871. The highest BCUT2D eigenvalue weighted by atomic mass is 16.5. The Morgan fingerprint density at radius 2 is 1.94 bits per heavy atom. The van der Waals surface area contributed by atoms with Gasteiger partial charge in [-0.15, -0.1) is 5.10 Å². The maximum Gasteiger partial charge on any atom is 0.318 e. The molecule has 6 rings (SSSR count). The molecule has 8 heteroatoms. The van der Waals surface area contributed by atoms with Gasteiger partial charge in [0.15, 0.2) is 0 Å². The van der Waals surface area contributed by atoms with Gasteiger partial charge in [-0.25, -0.2) is 0 Å². The normalized spacial score (nSPS) is 28.8. The summed E-state index contributed by atoms with van der Waals surface area (Å²) in [5.74, 6) is 1.61. The van der Waals surface area contributed by atoms with E-state index in [1.54, 1.807) is 0 Å². The summed E-state index contributed by atoms with van der Waals surface area (Å²) in [6, 6.07) is 9.70. The highest BCUT2D eigenvalue weighted by Crippen LogP contribution is 2.41. The number of rotatable bonds is 5. The van der Waals surface area contributed by atoms with Gasteiger partial charge in [-0.1, -0.05) is 23.3 Å². The van der Waals surface area contributed by atoms with Crippen molar-refractivity contribution in [3.05, 3.63) is 36.2 Å². The Morgan fingerprint density at radius 3 is 2.71 bits per heavy atom. The van der Waals surface area contributed by atoms with Gasteiger partial charge in [-0.2, -0.15) is 0 Å². The molecule has 2 aromatic rings. The summed E-state index contributed by atoms with van der Waals surface area (Å²) < 4.78 is 23.4. The lowest BCUT2D eigenvalue weighted by atomic mass is 9.86. The van der Waals surface area contributed by atoms with E-state index in [1.165, 1.54) is 24.8 Å². The Labute approximate surface area is 182 Å². The molecule has 0 saturated carbocycles. The minimum Gasteiger partial charge on any atom is -0.488 e. The van der Waals surface area contributed by atoms with Crippen LogP contribution in [0, 0.1) is 0 Å². The van der Waals surface area contributed by atoms with Gasteiger partial charge in [0.05, 0.1) is 32.9 Å². The fourth-order valence-corrected chi connectivity index (χ4v) is 5.65. The topological polar surface area (TPSA) is 73.1 Å². The molecule has 4 saturated heterocycles. The van der Waals surface area contributed by atoms with E-state index in [0.717, 1.165) is 58.0 Å². The van der Waals surface area contributed by atoms with E-state index in [1.807, 2.05) is 0 Å². The molecule has 166 valence electrons. The maximum atomic E-state index is 6.30. The van der Waals surface area contributed by atoms with Gasteiger partial charge in [-0.3, -0.25) is 4.90 Å². The summed E-state index contributed by atoms with van der Waals surface area (Å²) in [4.78, 5) is 4.74. The van der Waals surface area contributed by atoms with Crippen molar-refractivity contribution in [1.29, 1.82) is 0 Å². The van der Waals surface area contributed by atoms with Gasteiger partial charge in [0.1, 0.15) is 17.5 Å². The summed E-state index contributed by atoms with van der Waals surface area (Å²) in [5.41, 5.74) is 1.32. The van der Waals surface area contributed by atoms with Gasteiger partial charge in [0.25, 0.3) is 0 Å². The van der Waals surface area contributed by atoms with Crippen LogP contribution in [0.15, 0.2) is 35.1 Å². The van der Waals surface area contributed by atoms with Gasteiger partial charge in [-0.05, 0) is 49.9 Å². The Morgan fingerprint density at radius 1 is 1.06 bits per heavy atom. The second kappa shape index (κ2) is 8.07. The molecule has 4 aliphatic rings. The zero-order valence-corrected chi connectivity index (χ0v) is 17.8. The first-order valence-corrected chi connectivity index (χ1v) is 11.5. The molecule has 8 nitrogen and oxygen atoms in total. The first-order chi connectivity index (χ1) is 15.3. The first kappa shape index (κ1) is 19.5. The largest absolute Gasteiger partial charge is 0.488 e. The van der Waals surface area contributed by atoms with Crippen molar-refractivity contribution in [3.8, 4) is 5.75 Å².